The number of nitrogens with one attached hydrogen (secondary N) is 1. The molecule has 26 heavy (non-hydrogen) atoms. The molecule has 5 nitrogen and oxygen atoms in total. The molecule has 1 aromatic heterocycles. The van der Waals surface area contributed by atoms with Crippen LogP contribution in [0.2, 0.25) is 0 Å². The summed E-state index contributed by atoms with van der Waals surface area (Å²) in [5.74, 6) is 0.611. The fourth-order valence-electron chi connectivity index (χ4n) is 2.37. The first-order chi connectivity index (χ1) is 12.4. The zero-order valence-corrected chi connectivity index (χ0v) is 13.6. The number of aliphatic hydroxyl groups excluding tert-OH is 1. The molecule has 0 radical (unpaired) electrons. The van der Waals surface area contributed by atoms with Gasteiger partial charge in [-0.25, -0.2) is 9.97 Å². The summed E-state index contributed by atoms with van der Waals surface area (Å²) in [6.45, 7) is -0.0305. The Hall–Kier alpha value is -2.87. The molecule has 0 aliphatic rings. The number of benzene rings is 2. The van der Waals surface area contributed by atoms with Crippen LogP contribution in [0.25, 0.3) is 10.9 Å². The standard InChI is InChI=1S/C18H16F3N3O2/c19-18(20,21)12-4-3-5-14(8-12)26-10-13(25)9-22-17-15-6-1-2-7-16(15)23-11-24-17/h1-8,11,13,25H,9-10H2,(H,22,23,24). The minimum Gasteiger partial charge on any atom is -0.491 e. The molecule has 0 saturated carbocycles. The maximum atomic E-state index is 12.7. The first kappa shape index (κ1) is 17.9. The third kappa shape index (κ3) is 4.40. The van der Waals surface area contributed by atoms with Crippen LogP contribution >= 0.6 is 0 Å². The minimum atomic E-state index is -4.44. The molecule has 0 aliphatic carbocycles. The smallest absolute Gasteiger partial charge is 0.416 e. The molecular weight excluding hydrogens is 347 g/mol. The van der Waals surface area contributed by atoms with Crippen LogP contribution in [0.15, 0.2) is 54.9 Å². The van der Waals surface area contributed by atoms with Crippen molar-refractivity contribution >= 4 is 16.7 Å². The molecule has 3 rings (SSSR count). The van der Waals surface area contributed by atoms with Gasteiger partial charge in [0.15, 0.2) is 0 Å². The number of hydrogen-bond donors (Lipinski definition) is 2. The number of anilines is 1. The van der Waals surface area contributed by atoms with E-state index in [0.717, 1.165) is 23.0 Å². The summed E-state index contributed by atoms with van der Waals surface area (Å²) in [6.07, 6.45) is -3.96. The molecule has 0 spiro atoms. The second-order valence-corrected chi connectivity index (χ2v) is 5.61. The Kier molecular flexibility index (Phi) is 5.22. The summed E-state index contributed by atoms with van der Waals surface area (Å²) in [4.78, 5) is 8.28. The van der Waals surface area contributed by atoms with Gasteiger partial charge in [-0.05, 0) is 30.3 Å². The number of alkyl halides is 3. The largest absolute Gasteiger partial charge is 0.491 e. The van der Waals surface area contributed by atoms with E-state index < -0.39 is 17.8 Å². The van der Waals surface area contributed by atoms with Crippen molar-refractivity contribution in [3.8, 4) is 5.75 Å². The van der Waals surface area contributed by atoms with Gasteiger partial charge in [0.1, 0.15) is 30.6 Å². The van der Waals surface area contributed by atoms with E-state index in [-0.39, 0.29) is 18.9 Å². The number of nitrogens with zero attached hydrogens (tertiary/aromatic N) is 2. The SMILES string of the molecule is OC(CNc1ncnc2ccccc12)COc1cccc(C(F)(F)F)c1. The molecule has 2 aromatic carbocycles. The van der Waals surface area contributed by atoms with Crippen LogP contribution in [0.4, 0.5) is 19.0 Å². The van der Waals surface area contributed by atoms with E-state index in [2.05, 4.69) is 15.3 Å². The number of rotatable bonds is 6. The van der Waals surface area contributed by atoms with E-state index in [9.17, 15) is 18.3 Å². The van der Waals surface area contributed by atoms with E-state index in [1.165, 1.54) is 18.5 Å². The van der Waals surface area contributed by atoms with Gasteiger partial charge in [-0.2, -0.15) is 13.2 Å². The van der Waals surface area contributed by atoms with Gasteiger partial charge in [0.2, 0.25) is 0 Å². The van der Waals surface area contributed by atoms with Crippen LogP contribution in [-0.4, -0.2) is 34.3 Å². The van der Waals surface area contributed by atoms with Gasteiger partial charge in [0, 0.05) is 11.9 Å². The lowest BCUT2D eigenvalue weighted by atomic mass is 10.2. The van der Waals surface area contributed by atoms with Gasteiger partial charge in [0.05, 0.1) is 11.1 Å². The van der Waals surface area contributed by atoms with Gasteiger partial charge >= 0.3 is 6.18 Å². The van der Waals surface area contributed by atoms with Gasteiger partial charge in [-0.15, -0.1) is 0 Å². The van der Waals surface area contributed by atoms with E-state index in [1.807, 2.05) is 24.3 Å². The summed E-state index contributed by atoms with van der Waals surface area (Å²) < 4.78 is 43.3. The Morgan fingerprint density at radius 2 is 1.88 bits per heavy atom. The van der Waals surface area contributed by atoms with Crippen LogP contribution in [-0.2, 0) is 6.18 Å². The van der Waals surface area contributed by atoms with Crippen LogP contribution in [0.5, 0.6) is 5.75 Å². The van der Waals surface area contributed by atoms with Gasteiger partial charge in [-0.1, -0.05) is 18.2 Å². The van der Waals surface area contributed by atoms with Crippen molar-refractivity contribution in [2.45, 2.75) is 12.3 Å². The van der Waals surface area contributed by atoms with E-state index in [0.29, 0.717) is 5.82 Å². The lowest BCUT2D eigenvalue weighted by Gasteiger charge is -2.15. The Morgan fingerprint density at radius 1 is 1.08 bits per heavy atom. The Balaban J connectivity index is 1.57. The highest BCUT2D eigenvalue weighted by Crippen LogP contribution is 2.31. The van der Waals surface area contributed by atoms with Crippen LogP contribution < -0.4 is 10.1 Å². The van der Waals surface area contributed by atoms with Crippen molar-refractivity contribution in [1.82, 2.24) is 9.97 Å². The van der Waals surface area contributed by atoms with Gasteiger partial charge in [0.25, 0.3) is 0 Å². The van der Waals surface area contributed by atoms with Crippen molar-refractivity contribution in [3.63, 3.8) is 0 Å². The molecule has 0 amide bonds. The topological polar surface area (TPSA) is 67.3 Å². The Morgan fingerprint density at radius 3 is 2.69 bits per heavy atom. The van der Waals surface area contributed by atoms with Crippen molar-refractivity contribution in [2.75, 3.05) is 18.5 Å². The quantitative estimate of drug-likeness (QED) is 0.702. The van der Waals surface area contributed by atoms with Crippen LogP contribution in [0, 0.1) is 0 Å². The monoisotopic (exact) mass is 363 g/mol. The van der Waals surface area contributed by atoms with Crippen molar-refractivity contribution < 1.29 is 23.0 Å². The zero-order chi connectivity index (χ0) is 18.6. The fourth-order valence-corrected chi connectivity index (χ4v) is 2.37. The molecule has 8 heteroatoms. The molecule has 3 aromatic rings. The van der Waals surface area contributed by atoms with E-state index in [4.69, 9.17) is 4.74 Å². The highest BCUT2D eigenvalue weighted by molar-refractivity contribution is 5.88. The van der Waals surface area contributed by atoms with Gasteiger partial charge < -0.3 is 15.2 Å². The fraction of sp³-hybridized carbons (Fsp3) is 0.222. The summed E-state index contributed by atoms with van der Waals surface area (Å²) in [6, 6.07) is 11.9. The maximum Gasteiger partial charge on any atom is 0.416 e. The summed E-state index contributed by atoms with van der Waals surface area (Å²) in [7, 11) is 0. The second kappa shape index (κ2) is 7.57. The first-order valence-electron chi connectivity index (χ1n) is 7.85. The number of aliphatic hydroxyl groups is 1. The van der Waals surface area contributed by atoms with Crippen molar-refractivity contribution in [2.24, 2.45) is 0 Å². The lowest BCUT2D eigenvalue weighted by molar-refractivity contribution is -0.137. The Labute approximate surface area is 147 Å². The highest BCUT2D eigenvalue weighted by atomic mass is 19.4. The Bertz CT molecular complexity index is 881. The van der Waals surface area contributed by atoms with Gasteiger partial charge in [-0.3, -0.25) is 0 Å². The maximum absolute atomic E-state index is 12.7. The van der Waals surface area contributed by atoms with E-state index >= 15 is 0 Å². The third-order valence-electron chi connectivity index (χ3n) is 3.65. The molecule has 136 valence electrons. The number of aromatic nitrogens is 2. The lowest BCUT2D eigenvalue weighted by Crippen LogP contribution is -2.26. The molecule has 0 saturated heterocycles. The molecule has 1 atom stereocenters. The number of ether oxygens (including phenoxy) is 1. The highest BCUT2D eigenvalue weighted by Gasteiger charge is 2.30. The predicted octanol–water partition coefficient (Wildman–Crippen LogP) is 3.50. The second-order valence-electron chi connectivity index (χ2n) is 5.61. The molecule has 0 bridgehead atoms. The molecule has 0 aliphatic heterocycles. The van der Waals surface area contributed by atoms with Crippen molar-refractivity contribution in [3.05, 3.63) is 60.4 Å². The average Bonchev–Trinajstić information content (AvgIpc) is 2.64. The van der Waals surface area contributed by atoms with Crippen LogP contribution in [0.3, 0.4) is 0 Å². The minimum absolute atomic E-state index is 0.0476. The first-order valence-corrected chi connectivity index (χ1v) is 7.85. The number of halogens is 3. The van der Waals surface area contributed by atoms with Crippen LogP contribution in [0.1, 0.15) is 5.56 Å². The van der Waals surface area contributed by atoms with E-state index in [1.54, 1.807) is 0 Å². The zero-order valence-electron chi connectivity index (χ0n) is 13.6. The molecule has 0 fully saturated rings. The summed E-state index contributed by atoms with van der Waals surface area (Å²) in [5.41, 5.74) is -0.0326. The normalized spacial score (nSPS) is 12.8. The number of fused-ring (bicyclic) bond motifs is 1. The number of para-hydroxylation sites is 1. The predicted molar refractivity (Wildman–Crippen MR) is 91.0 cm³/mol. The molecule has 1 heterocycles. The summed E-state index contributed by atoms with van der Waals surface area (Å²) in [5, 5.41) is 13.8. The molecule has 1 unspecified atom stereocenters. The third-order valence-corrected chi connectivity index (χ3v) is 3.65. The average molecular weight is 363 g/mol. The molecule has 2 N–H and O–H groups in total. The molecular formula is C18H16F3N3O2. The van der Waals surface area contributed by atoms with Crippen molar-refractivity contribution in [1.29, 1.82) is 0 Å². The number of hydrogen-bond acceptors (Lipinski definition) is 5. The summed E-state index contributed by atoms with van der Waals surface area (Å²) >= 11 is 0.